The number of thiazole rings is 1. The summed E-state index contributed by atoms with van der Waals surface area (Å²) in [5.41, 5.74) is 7.78. The van der Waals surface area contributed by atoms with Crippen LogP contribution in [-0.4, -0.2) is 38.0 Å². The summed E-state index contributed by atoms with van der Waals surface area (Å²) < 4.78 is 0. The normalized spacial score (nSPS) is 11.9. The average molecular weight is 540 g/mol. The summed E-state index contributed by atoms with van der Waals surface area (Å²) in [7, 11) is 0. The third kappa shape index (κ3) is 5.99. The van der Waals surface area contributed by atoms with Gasteiger partial charge in [0, 0.05) is 22.9 Å². The number of aromatic amines is 1. The molecule has 0 bridgehead atoms. The van der Waals surface area contributed by atoms with Gasteiger partial charge in [-0.1, -0.05) is 54.1 Å². The molecule has 198 valence electrons. The number of carboxylic acids is 1. The van der Waals surface area contributed by atoms with E-state index in [0.717, 1.165) is 49.6 Å². The molecule has 1 atom stereocenters. The minimum atomic E-state index is -1.07. The van der Waals surface area contributed by atoms with E-state index in [1.54, 1.807) is 11.3 Å². The molecule has 0 fully saturated rings. The second kappa shape index (κ2) is 11.1. The molecular weight excluding hydrogens is 510 g/mol. The maximum Gasteiger partial charge on any atom is 0.326 e. The van der Waals surface area contributed by atoms with Crippen molar-refractivity contribution >= 4 is 40.2 Å². The van der Waals surface area contributed by atoms with E-state index >= 15 is 0 Å². The fraction of sp³-hybridized carbons (Fsp3) is 0.200. The number of hydrogen-bond donors (Lipinski definition) is 4. The van der Waals surface area contributed by atoms with Gasteiger partial charge in [0.05, 0.1) is 23.3 Å². The largest absolute Gasteiger partial charge is 0.480 e. The summed E-state index contributed by atoms with van der Waals surface area (Å²) in [6, 6.07) is 18.3. The molecule has 3 aromatic carbocycles. The number of fused-ring (bicyclic) bond motifs is 1. The fourth-order valence-corrected chi connectivity index (χ4v) is 5.55. The van der Waals surface area contributed by atoms with Crippen LogP contribution in [0.1, 0.15) is 38.3 Å². The highest BCUT2D eigenvalue weighted by molar-refractivity contribution is 7.13. The van der Waals surface area contributed by atoms with E-state index in [-0.39, 0.29) is 12.3 Å². The summed E-state index contributed by atoms with van der Waals surface area (Å²) in [5, 5.41) is 18.6. The van der Waals surface area contributed by atoms with Gasteiger partial charge in [0.15, 0.2) is 0 Å². The van der Waals surface area contributed by atoms with Gasteiger partial charge in [-0.15, -0.1) is 11.3 Å². The van der Waals surface area contributed by atoms with Crippen molar-refractivity contribution in [3.63, 3.8) is 0 Å². The monoisotopic (exact) mass is 539 g/mol. The summed E-state index contributed by atoms with van der Waals surface area (Å²) in [6.45, 7) is 6.23. The molecule has 0 saturated carbocycles. The van der Waals surface area contributed by atoms with Gasteiger partial charge < -0.3 is 20.7 Å². The van der Waals surface area contributed by atoms with Crippen molar-refractivity contribution in [1.29, 1.82) is 0 Å². The number of aryl methyl sites for hydroxylation is 3. The zero-order chi connectivity index (χ0) is 27.5. The molecule has 0 spiro atoms. The highest BCUT2D eigenvalue weighted by atomic mass is 32.1. The van der Waals surface area contributed by atoms with Crippen LogP contribution >= 0.6 is 11.3 Å². The van der Waals surface area contributed by atoms with Crippen LogP contribution in [0.5, 0.6) is 0 Å². The standard InChI is InChI=1S/C30H29N5O3S/c1-17-12-18(2)26(19(3)13-17)27(36)33-25(29(37)38)14-20-8-10-21(11-9-20)28-32-22(16-39-28)15-31-30-34-23-6-4-5-7-24(23)35-30/h4-13,16,25H,14-15H2,1-3H3,(H,33,36)(H,37,38)(H2,31,34,35). The molecule has 0 aliphatic heterocycles. The topological polar surface area (TPSA) is 120 Å². The molecule has 9 heteroatoms. The van der Waals surface area contributed by atoms with E-state index in [4.69, 9.17) is 4.98 Å². The Morgan fingerprint density at radius 3 is 2.41 bits per heavy atom. The lowest BCUT2D eigenvalue weighted by molar-refractivity contribution is -0.139. The number of benzene rings is 3. The Morgan fingerprint density at radius 2 is 1.72 bits per heavy atom. The van der Waals surface area contributed by atoms with Crippen LogP contribution in [0.3, 0.4) is 0 Å². The zero-order valence-electron chi connectivity index (χ0n) is 21.9. The molecule has 0 saturated heterocycles. The lowest BCUT2D eigenvalue weighted by Crippen LogP contribution is -2.42. The Kier molecular flexibility index (Phi) is 7.42. The van der Waals surface area contributed by atoms with Gasteiger partial charge in [-0.3, -0.25) is 4.79 Å². The maximum atomic E-state index is 12.9. The molecule has 1 unspecified atom stereocenters. The first-order chi connectivity index (χ1) is 18.8. The van der Waals surface area contributed by atoms with Crippen LogP contribution in [0.4, 0.5) is 5.95 Å². The van der Waals surface area contributed by atoms with Crippen molar-refractivity contribution in [1.82, 2.24) is 20.3 Å². The summed E-state index contributed by atoms with van der Waals surface area (Å²) in [6.07, 6.45) is 0.176. The molecule has 1 amide bonds. The lowest BCUT2D eigenvalue weighted by atomic mass is 9.98. The van der Waals surface area contributed by atoms with Gasteiger partial charge in [0.25, 0.3) is 5.91 Å². The molecule has 0 radical (unpaired) electrons. The van der Waals surface area contributed by atoms with Crippen molar-refractivity contribution in [2.75, 3.05) is 5.32 Å². The Hall–Kier alpha value is -4.50. The molecule has 0 aliphatic rings. The fourth-order valence-electron chi connectivity index (χ4n) is 4.72. The summed E-state index contributed by atoms with van der Waals surface area (Å²) in [4.78, 5) is 37.4. The molecule has 0 aliphatic carbocycles. The van der Waals surface area contributed by atoms with Crippen molar-refractivity contribution in [2.24, 2.45) is 0 Å². The van der Waals surface area contributed by atoms with E-state index in [1.165, 1.54) is 0 Å². The van der Waals surface area contributed by atoms with Crippen LogP contribution in [0, 0.1) is 20.8 Å². The molecule has 2 aromatic heterocycles. The number of para-hydroxylation sites is 2. The van der Waals surface area contributed by atoms with Gasteiger partial charge in [-0.2, -0.15) is 0 Å². The number of amides is 1. The van der Waals surface area contributed by atoms with E-state index in [9.17, 15) is 14.7 Å². The number of aliphatic carboxylic acids is 1. The molecular formula is C30H29N5O3S. The van der Waals surface area contributed by atoms with Crippen molar-refractivity contribution in [2.45, 2.75) is 39.8 Å². The molecule has 2 heterocycles. The Morgan fingerprint density at radius 1 is 1.00 bits per heavy atom. The van der Waals surface area contributed by atoms with Crippen LogP contribution in [0.2, 0.25) is 0 Å². The van der Waals surface area contributed by atoms with Gasteiger partial charge in [-0.25, -0.2) is 14.8 Å². The smallest absolute Gasteiger partial charge is 0.326 e. The first-order valence-corrected chi connectivity index (χ1v) is 13.5. The number of hydrogen-bond acceptors (Lipinski definition) is 6. The van der Waals surface area contributed by atoms with Crippen LogP contribution in [-0.2, 0) is 17.8 Å². The Labute approximate surface area is 230 Å². The Bertz CT molecular complexity index is 1600. The molecule has 5 rings (SSSR count). The number of carbonyl (C=O) groups is 2. The molecule has 8 nitrogen and oxygen atoms in total. The molecule has 5 aromatic rings. The first kappa shape index (κ1) is 26.1. The number of carboxylic acid groups (broad SMARTS) is 1. The second-order valence-corrected chi connectivity index (χ2v) is 10.5. The average Bonchev–Trinajstić information content (AvgIpc) is 3.54. The zero-order valence-corrected chi connectivity index (χ0v) is 22.7. The SMILES string of the molecule is Cc1cc(C)c(C(=O)NC(Cc2ccc(-c3nc(CNc4nc5ccccc5[nH]4)cs3)cc2)C(=O)O)c(C)c1. The summed E-state index contributed by atoms with van der Waals surface area (Å²) in [5.74, 6) is -0.750. The highest BCUT2D eigenvalue weighted by Crippen LogP contribution is 2.25. The third-order valence-corrected chi connectivity index (χ3v) is 7.47. The van der Waals surface area contributed by atoms with E-state index in [0.29, 0.717) is 18.1 Å². The third-order valence-electron chi connectivity index (χ3n) is 6.53. The van der Waals surface area contributed by atoms with Crippen LogP contribution < -0.4 is 10.6 Å². The lowest BCUT2D eigenvalue weighted by Gasteiger charge is -2.17. The second-order valence-electron chi connectivity index (χ2n) is 9.64. The molecule has 39 heavy (non-hydrogen) atoms. The number of anilines is 1. The Balaban J connectivity index is 1.22. The number of nitrogens with one attached hydrogen (secondary N) is 3. The number of nitrogens with zero attached hydrogens (tertiary/aromatic N) is 2. The predicted octanol–water partition coefficient (Wildman–Crippen LogP) is 5.65. The van der Waals surface area contributed by atoms with Crippen LogP contribution in [0.25, 0.3) is 21.6 Å². The summed E-state index contributed by atoms with van der Waals surface area (Å²) >= 11 is 1.54. The highest BCUT2D eigenvalue weighted by Gasteiger charge is 2.23. The van der Waals surface area contributed by atoms with Crippen molar-refractivity contribution in [3.8, 4) is 10.6 Å². The number of H-pyrrole nitrogens is 1. The van der Waals surface area contributed by atoms with Gasteiger partial charge in [0.2, 0.25) is 5.95 Å². The first-order valence-electron chi connectivity index (χ1n) is 12.6. The number of aromatic nitrogens is 3. The van der Waals surface area contributed by atoms with E-state index in [1.807, 2.05) is 86.8 Å². The van der Waals surface area contributed by atoms with Crippen molar-refractivity contribution < 1.29 is 14.7 Å². The predicted molar refractivity (Wildman–Crippen MR) is 154 cm³/mol. The minimum Gasteiger partial charge on any atom is -0.480 e. The van der Waals surface area contributed by atoms with Gasteiger partial charge in [-0.05, 0) is 49.6 Å². The number of rotatable bonds is 9. The van der Waals surface area contributed by atoms with Crippen LogP contribution in [0.15, 0.2) is 66.0 Å². The molecule has 4 N–H and O–H groups in total. The minimum absolute atomic E-state index is 0.176. The maximum absolute atomic E-state index is 12.9. The quantitative estimate of drug-likeness (QED) is 0.192. The van der Waals surface area contributed by atoms with E-state index in [2.05, 4.69) is 20.6 Å². The van der Waals surface area contributed by atoms with Gasteiger partial charge in [0.1, 0.15) is 11.0 Å². The number of carbonyl (C=O) groups excluding carboxylic acids is 1. The number of imidazole rings is 1. The van der Waals surface area contributed by atoms with Gasteiger partial charge >= 0.3 is 5.97 Å². The van der Waals surface area contributed by atoms with Crippen molar-refractivity contribution in [3.05, 3.63) is 99.6 Å². The van der Waals surface area contributed by atoms with E-state index < -0.39 is 12.0 Å².